The first kappa shape index (κ1) is 20.5. The van der Waals surface area contributed by atoms with Crippen LogP contribution < -0.4 is 15.6 Å². The summed E-state index contributed by atoms with van der Waals surface area (Å²) in [6.45, 7) is 10.3. The van der Waals surface area contributed by atoms with E-state index in [4.69, 9.17) is 9.47 Å². The van der Waals surface area contributed by atoms with E-state index in [0.29, 0.717) is 23.9 Å². The summed E-state index contributed by atoms with van der Waals surface area (Å²) >= 11 is 0. The van der Waals surface area contributed by atoms with Gasteiger partial charge in [-0.15, -0.1) is 0 Å². The third-order valence-corrected chi connectivity index (χ3v) is 3.84. The maximum atomic E-state index is 12.1. The second-order valence-electron chi connectivity index (χ2n) is 6.65. The van der Waals surface area contributed by atoms with E-state index in [1.54, 1.807) is 25.4 Å². The second kappa shape index (κ2) is 8.70. The Morgan fingerprint density at radius 2 is 2.07 bits per heavy atom. The highest BCUT2D eigenvalue weighted by atomic mass is 16.5. The molecule has 7 heteroatoms. The van der Waals surface area contributed by atoms with Crippen LogP contribution in [0.15, 0.2) is 41.0 Å². The molecule has 1 N–H and O–H groups in total. The molecule has 0 aliphatic rings. The maximum Gasteiger partial charge on any atom is 0.290 e. The van der Waals surface area contributed by atoms with Crippen molar-refractivity contribution in [1.29, 1.82) is 0 Å². The molecule has 2 rings (SSSR count). The minimum absolute atomic E-state index is 0.213. The molecule has 0 bridgehead atoms. The highest BCUT2D eigenvalue weighted by Crippen LogP contribution is 2.26. The Hall–Kier alpha value is -2.83. The molecule has 0 amide bonds. The molecular weight excluding hydrogens is 344 g/mol. The fourth-order valence-electron chi connectivity index (χ4n) is 2.66. The summed E-state index contributed by atoms with van der Waals surface area (Å²) in [4.78, 5) is 16.5. The summed E-state index contributed by atoms with van der Waals surface area (Å²) in [6, 6.07) is 5.27. The van der Waals surface area contributed by atoms with Crippen LogP contribution >= 0.6 is 0 Å². The van der Waals surface area contributed by atoms with Gasteiger partial charge in [0.1, 0.15) is 23.0 Å². The van der Waals surface area contributed by atoms with Gasteiger partial charge < -0.3 is 14.8 Å². The Labute approximate surface area is 160 Å². The number of nitrogens with zero attached hydrogens (tertiary/aromatic N) is 3. The summed E-state index contributed by atoms with van der Waals surface area (Å²) in [5.41, 5.74) is 0.347. The van der Waals surface area contributed by atoms with Gasteiger partial charge in [0, 0.05) is 7.05 Å². The van der Waals surface area contributed by atoms with Gasteiger partial charge in [0.25, 0.3) is 5.56 Å². The van der Waals surface area contributed by atoms with Crippen LogP contribution in [-0.4, -0.2) is 27.0 Å². The number of aryl methyl sites for hydroxylation is 2. The van der Waals surface area contributed by atoms with E-state index in [1.807, 2.05) is 39.8 Å². The summed E-state index contributed by atoms with van der Waals surface area (Å²) in [7, 11) is 1.62. The van der Waals surface area contributed by atoms with Crippen molar-refractivity contribution in [3.8, 4) is 5.75 Å². The minimum atomic E-state index is -0.610. The standard InChI is InChI=1S/C20H28N4O3/c1-7-9-17(26-8-2)20(4,5)27-15-10-11-18(21-13-15)22-16-12-14(3)23-24(6)19(16)25/h9-13H,7-8H2,1-6H3,(H,21,22). The molecule has 2 heterocycles. The number of ether oxygens (including phenoxy) is 2. The van der Waals surface area contributed by atoms with Crippen LogP contribution in [0.3, 0.4) is 0 Å². The average molecular weight is 372 g/mol. The molecule has 0 fully saturated rings. The quantitative estimate of drug-likeness (QED) is 0.712. The third-order valence-electron chi connectivity index (χ3n) is 3.84. The van der Waals surface area contributed by atoms with Crippen LogP contribution in [0.1, 0.15) is 39.8 Å². The van der Waals surface area contributed by atoms with Crippen molar-refractivity contribution >= 4 is 11.5 Å². The van der Waals surface area contributed by atoms with Gasteiger partial charge in [-0.05, 0) is 58.4 Å². The van der Waals surface area contributed by atoms with Gasteiger partial charge in [-0.3, -0.25) is 4.79 Å². The molecule has 146 valence electrons. The number of rotatable bonds is 8. The first-order valence-corrected chi connectivity index (χ1v) is 9.07. The highest BCUT2D eigenvalue weighted by Gasteiger charge is 2.27. The van der Waals surface area contributed by atoms with Crippen molar-refractivity contribution in [1.82, 2.24) is 14.8 Å². The van der Waals surface area contributed by atoms with E-state index in [9.17, 15) is 4.79 Å². The molecule has 0 radical (unpaired) electrons. The van der Waals surface area contributed by atoms with E-state index < -0.39 is 5.60 Å². The Kier molecular flexibility index (Phi) is 6.60. The molecule has 0 aliphatic heterocycles. The van der Waals surface area contributed by atoms with Gasteiger partial charge >= 0.3 is 0 Å². The highest BCUT2D eigenvalue weighted by molar-refractivity contribution is 5.55. The van der Waals surface area contributed by atoms with Gasteiger partial charge in [-0.1, -0.05) is 6.92 Å². The van der Waals surface area contributed by atoms with E-state index >= 15 is 0 Å². The Balaban J connectivity index is 2.16. The van der Waals surface area contributed by atoms with E-state index in [1.165, 1.54) is 4.68 Å². The van der Waals surface area contributed by atoms with Gasteiger partial charge in [0.2, 0.25) is 0 Å². The van der Waals surface area contributed by atoms with Crippen LogP contribution in [0.5, 0.6) is 5.75 Å². The van der Waals surface area contributed by atoms with Crippen LogP contribution in [0.2, 0.25) is 0 Å². The molecule has 0 atom stereocenters. The molecule has 2 aromatic heterocycles. The summed E-state index contributed by atoms with van der Waals surface area (Å²) < 4.78 is 13.1. The summed E-state index contributed by atoms with van der Waals surface area (Å²) in [6.07, 6.45) is 4.51. The fourth-order valence-corrected chi connectivity index (χ4v) is 2.66. The molecule has 27 heavy (non-hydrogen) atoms. The first-order chi connectivity index (χ1) is 12.8. The summed E-state index contributed by atoms with van der Waals surface area (Å²) in [5.74, 6) is 1.97. The van der Waals surface area contributed by atoms with Crippen molar-refractivity contribution in [2.75, 3.05) is 11.9 Å². The zero-order chi connectivity index (χ0) is 20.0. The predicted octanol–water partition coefficient (Wildman–Crippen LogP) is 3.72. The van der Waals surface area contributed by atoms with E-state index in [2.05, 4.69) is 22.3 Å². The Morgan fingerprint density at radius 1 is 1.33 bits per heavy atom. The predicted molar refractivity (Wildman–Crippen MR) is 106 cm³/mol. The minimum Gasteiger partial charge on any atom is -0.494 e. The lowest BCUT2D eigenvalue weighted by Gasteiger charge is -2.29. The van der Waals surface area contributed by atoms with Crippen molar-refractivity contribution in [2.45, 2.75) is 46.6 Å². The van der Waals surface area contributed by atoms with Crippen LogP contribution in [-0.2, 0) is 11.8 Å². The van der Waals surface area contributed by atoms with Crippen molar-refractivity contribution < 1.29 is 9.47 Å². The normalized spacial score (nSPS) is 12.0. The van der Waals surface area contributed by atoms with Gasteiger partial charge in [-0.2, -0.15) is 5.10 Å². The Bertz CT molecular complexity index is 855. The SMILES string of the molecule is CCC=C(OCC)C(C)(C)Oc1ccc(Nc2cc(C)nn(C)c2=O)nc1. The van der Waals surface area contributed by atoms with Crippen molar-refractivity contribution in [3.05, 3.63) is 52.3 Å². The zero-order valence-corrected chi connectivity index (χ0v) is 16.9. The molecular formula is C20H28N4O3. The number of nitrogens with one attached hydrogen (secondary N) is 1. The second-order valence-corrected chi connectivity index (χ2v) is 6.65. The molecule has 0 unspecified atom stereocenters. The Morgan fingerprint density at radius 3 is 2.67 bits per heavy atom. The van der Waals surface area contributed by atoms with Gasteiger partial charge in [0.05, 0.1) is 18.5 Å². The lowest BCUT2D eigenvalue weighted by Crippen LogP contribution is -2.32. The smallest absolute Gasteiger partial charge is 0.290 e. The van der Waals surface area contributed by atoms with Crippen molar-refractivity contribution in [3.63, 3.8) is 0 Å². The van der Waals surface area contributed by atoms with E-state index in [-0.39, 0.29) is 5.56 Å². The monoisotopic (exact) mass is 372 g/mol. The van der Waals surface area contributed by atoms with Gasteiger partial charge in [0.15, 0.2) is 5.60 Å². The molecule has 0 saturated heterocycles. The largest absolute Gasteiger partial charge is 0.494 e. The molecule has 0 aromatic carbocycles. The van der Waals surface area contributed by atoms with Crippen molar-refractivity contribution in [2.24, 2.45) is 7.05 Å². The zero-order valence-electron chi connectivity index (χ0n) is 16.9. The van der Waals surface area contributed by atoms with Crippen LogP contribution in [0, 0.1) is 6.92 Å². The average Bonchev–Trinajstić information content (AvgIpc) is 2.60. The van der Waals surface area contributed by atoms with E-state index in [0.717, 1.165) is 17.9 Å². The molecule has 0 saturated carbocycles. The molecule has 7 nitrogen and oxygen atoms in total. The fraction of sp³-hybridized carbons (Fsp3) is 0.450. The van der Waals surface area contributed by atoms with Crippen LogP contribution in [0.4, 0.5) is 11.5 Å². The lowest BCUT2D eigenvalue weighted by molar-refractivity contribution is 0.0620. The number of aromatic nitrogens is 3. The van der Waals surface area contributed by atoms with Crippen LogP contribution in [0.25, 0.3) is 0 Å². The number of hydrogen-bond acceptors (Lipinski definition) is 6. The molecule has 0 aliphatic carbocycles. The number of hydrogen-bond donors (Lipinski definition) is 1. The summed E-state index contributed by atoms with van der Waals surface area (Å²) in [5, 5.41) is 7.11. The molecule has 2 aromatic rings. The number of allylic oxidation sites excluding steroid dienone is 1. The third kappa shape index (κ3) is 5.32. The topological polar surface area (TPSA) is 78.3 Å². The molecule has 0 spiro atoms. The van der Waals surface area contributed by atoms with Gasteiger partial charge in [-0.25, -0.2) is 9.67 Å². The number of pyridine rings is 1. The first-order valence-electron chi connectivity index (χ1n) is 9.07. The number of anilines is 2. The maximum absolute atomic E-state index is 12.1. The lowest BCUT2D eigenvalue weighted by atomic mass is 10.1.